The third kappa shape index (κ3) is 2.40. The summed E-state index contributed by atoms with van der Waals surface area (Å²) in [5, 5.41) is 11.4. The van der Waals surface area contributed by atoms with Crippen LogP contribution < -0.4 is 0 Å². The Morgan fingerprint density at radius 3 is 2.57 bits per heavy atom. The minimum atomic E-state index is -1.40. The Kier molecular flexibility index (Phi) is 5.31. The quantitative estimate of drug-likeness (QED) is 0.645. The van der Waals surface area contributed by atoms with Crippen LogP contribution in [-0.4, -0.2) is 28.1 Å². The second-order valence-electron chi connectivity index (χ2n) is 9.59. The van der Waals surface area contributed by atoms with Gasteiger partial charge in [-0.1, -0.05) is 40.2 Å². The van der Waals surface area contributed by atoms with Gasteiger partial charge in [0.15, 0.2) is 5.78 Å². The third-order valence-corrected chi connectivity index (χ3v) is 8.85. The molecular weight excluding hydrogens is 429 g/mol. The van der Waals surface area contributed by atoms with Crippen LogP contribution in [-0.2, 0) is 47.1 Å². The van der Waals surface area contributed by atoms with Crippen LogP contribution >= 0.6 is 0 Å². The molecule has 0 saturated heterocycles. The predicted octanol–water partition coefficient (Wildman–Crippen LogP) is 3.39. The number of carbonyl (C=O) groups excluding carboxylic acids is 3. The Morgan fingerprint density at radius 2 is 1.93 bits per heavy atom. The van der Waals surface area contributed by atoms with E-state index in [1.165, 1.54) is 0 Å². The Hall–Kier alpha value is -0.576. The van der Waals surface area contributed by atoms with E-state index >= 15 is 0 Å². The van der Waals surface area contributed by atoms with Crippen molar-refractivity contribution in [1.82, 2.24) is 0 Å². The number of aliphatic hydroxyl groups is 1. The molecule has 149 valence electrons. The van der Waals surface area contributed by atoms with E-state index in [-0.39, 0.29) is 74.7 Å². The van der Waals surface area contributed by atoms with E-state index in [2.05, 4.69) is 13.3 Å². The minimum absolute atomic E-state index is 0. The molecule has 1 radical (unpaired) electrons. The van der Waals surface area contributed by atoms with E-state index < -0.39 is 21.8 Å². The molecule has 4 rings (SSSR count). The van der Waals surface area contributed by atoms with Crippen LogP contribution in [0.2, 0.25) is 0 Å². The fraction of sp³-hybridized carbons (Fsp3) is 0.652. The summed E-state index contributed by atoms with van der Waals surface area (Å²) >= 11 is 0. The van der Waals surface area contributed by atoms with Gasteiger partial charge in [-0.15, -0.1) is 0 Å². The van der Waals surface area contributed by atoms with Crippen LogP contribution in [0.25, 0.3) is 0 Å². The topological polar surface area (TPSA) is 71.4 Å². The van der Waals surface area contributed by atoms with Crippen LogP contribution in [0.4, 0.5) is 0 Å². The second-order valence-corrected chi connectivity index (χ2v) is 9.59. The molecule has 0 aromatic rings. The van der Waals surface area contributed by atoms with E-state index in [0.717, 1.165) is 12.0 Å². The van der Waals surface area contributed by atoms with Crippen molar-refractivity contribution in [3.05, 3.63) is 30.2 Å². The molecule has 0 aliphatic heterocycles. The van der Waals surface area contributed by atoms with Crippen molar-refractivity contribution in [1.29, 1.82) is 0 Å². The maximum absolute atomic E-state index is 13.7. The molecule has 0 heterocycles. The van der Waals surface area contributed by atoms with Crippen molar-refractivity contribution in [3.8, 4) is 0 Å². The molecule has 28 heavy (non-hydrogen) atoms. The molecule has 4 nitrogen and oxygen atoms in total. The first kappa shape index (κ1) is 22.1. The molecule has 3 fully saturated rings. The van der Waals surface area contributed by atoms with Gasteiger partial charge in [0.1, 0.15) is 11.4 Å². The van der Waals surface area contributed by atoms with Crippen LogP contribution in [0.1, 0.15) is 59.8 Å². The number of rotatable bonds is 2. The van der Waals surface area contributed by atoms with E-state index in [4.69, 9.17) is 0 Å². The first-order chi connectivity index (χ1) is 12.5. The molecule has 0 aromatic carbocycles. The van der Waals surface area contributed by atoms with Gasteiger partial charge in [-0.05, 0) is 36.2 Å². The van der Waals surface area contributed by atoms with Gasteiger partial charge in [0.05, 0.1) is 5.78 Å². The molecule has 3 saturated carbocycles. The van der Waals surface area contributed by atoms with Crippen LogP contribution in [0.15, 0.2) is 23.8 Å². The van der Waals surface area contributed by atoms with Crippen molar-refractivity contribution in [2.75, 3.05) is 0 Å². The van der Waals surface area contributed by atoms with Gasteiger partial charge in [-0.25, -0.2) is 6.42 Å². The molecule has 0 spiro atoms. The van der Waals surface area contributed by atoms with Crippen molar-refractivity contribution in [2.45, 2.75) is 65.4 Å². The van der Waals surface area contributed by atoms with E-state index in [1.807, 2.05) is 19.9 Å². The summed E-state index contributed by atoms with van der Waals surface area (Å²) in [7, 11) is 0. The number of Topliss-reactive ketones (excluding diaryl/α,β-unsaturated/α-hetero) is 2. The smallest absolute Gasteiger partial charge is 0.164 e. The Balaban J connectivity index is 0.00000225. The molecule has 0 bridgehead atoms. The monoisotopic (exact) mass is 458 g/mol. The predicted molar refractivity (Wildman–Crippen MR) is 102 cm³/mol. The Bertz CT molecular complexity index is 813. The number of hydrogen-bond donors (Lipinski definition) is 1. The van der Waals surface area contributed by atoms with Crippen molar-refractivity contribution in [2.24, 2.45) is 28.1 Å². The second kappa shape index (κ2) is 6.72. The fourth-order valence-electron chi connectivity index (χ4n) is 6.84. The maximum atomic E-state index is 13.7. The molecular formula is C23H29O4Y-. The van der Waals surface area contributed by atoms with E-state index in [9.17, 15) is 19.5 Å². The van der Waals surface area contributed by atoms with Crippen LogP contribution in [0, 0.1) is 34.5 Å². The average Bonchev–Trinajstić information content (AvgIpc) is 2.88. The number of fused-ring (bicyclic) bond motifs is 5. The summed E-state index contributed by atoms with van der Waals surface area (Å²) < 4.78 is 0. The van der Waals surface area contributed by atoms with Crippen molar-refractivity contribution in [3.63, 3.8) is 0 Å². The van der Waals surface area contributed by atoms with E-state index in [0.29, 0.717) is 12.8 Å². The van der Waals surface area contributed by atoms with Crippen LogP contribution in [0.3, 0.4) is 0 Å². The normalized spacial score (nSPS) is 46.5. The summed E-state index contributed by atoms with van der Waals surface area (Å²) in [6, 6.07) is 0. The van der Waals surface area contributed by atoms with Crippen molar-refractivity contribution < 1.29 is 52.2 Å². The molecule has 0 unspecified atom stereocenters. The number of ketones is 3. The standard InChI is InChI=1S/C23H29O4.Y/c1-5-18(25)23(27)11-9-16-17-7-6-14-12-15(24)8-10-20(14,2)22(17,4)19(26)13-21(16,23)3;/h6,8,10,12,16-17,27H,5,7,9,11,13H2,1-4H3;/q-1;/t16-,17-,20-,21-,22+,23-;/m0./s1. The first-order valence-corrected chi connectivity index (χ1v) is 10.1. The third-order valence-electron chi connectivity index (χ3n) is 8.85. The largest absolute Gasteiger partial charge is 0.381 e. The summed E-state index contributed by atoms with van der Waals surface area (Å²) in [5.41, 5.74) is -2.32. The number of hydrogen-bond acceptors (Lipinski definition) is 4. The maximum Gasteiger partial charge on any atom is 0.164 e. The molecule has 5 heteroatoms. The van der Waals surface area contributed by atoms with Gasteiger partial charge < -0.3 is 9.90 Å². The fourth-order valence-corrected chi connectivity index (χ4v) is 6.84. The van der Waals surface area contributed by atoms with E-state index in [1.54, 1.807) is 19.1 Å². The van der Waals surface area contributed by atoms with Crippen molar-refractivity contribution >= 4 is 17.3 Å². The SMILES string of the molecule is CCC(=O)[C@@]1(O)CC[C@H]2[C@@H]3C[CH-]C4=CC(=O)C=C[C@]4(C)[C@@]3(C)C(=O)C[C@@]21C.[Y]. The van der Waals surface area contributed by atoms with Gasteiger partial charge in [-0.3, -0.25) is 9.59 Å². The summed E-state index contributed by atoms with van der Waals surface area (Å²) in [6.45, 7) is 7.83. The zero-order chi connectivity index (χ0) is 19.8. The van der Waals surface area contributed by atoms with Gasteiger partial charge in [0.25, 0.3) is 0 Å². The van der Waals surface area contributed by atoms with Gasteiger partial charge in [0.2, 0.25) is 0 Å². The van der Waals surface area contributed by atoms with Gasteiger partial charge >= 0.3 is 0 Å². The molecule has 0 aromatic heterocycles. The molecule has 4 aliphatic rings. The Labute approximate surface area is 192 Å². The van der Waals surface area contributed by atoms with Gasteiger partial charge in [0, 0.05) is 56.4 Å². The summed E-state index contributed by atoms with van der Waals surface area (Å²) in [5.74, 6) is 0.107. The Morgan fingerprint density at radius 1 is 1.25 bits per heavy atom. The molecule has 0 amide bonds. The van der Waals surface area contributed by atoms with Crippen LogP contribution in [0.5, 0.6) is 0 Å². The number of carbonyl (C=O) groups is 3. The zero-order valence-corrected chi connectivity index (χ0v) is 20.1. The summed E-state index contributed by atoms with van der Waals surface area (Å²) in [6.07, 6.45) is 9.67. The average molecular weight is 458 g/mol. The zero-order valence-electron chi connectivity index (χ0n) is 17.2. The molecule has 1 N–H and O–H groups in total. The minimum Gasteiger partial charge on any atom is -0.381 e. The summed E-state index contributed by atoms with van der Waals surface area (Å²) in [4.78, 5) is 38.2. The number of allylic oxidation sites excluding steroid dienone is 4. The molecule has 6 atom stereocenters. The first-order valence-electron chi connectivity index (χ1n) is 10.1. The molecule has 4 aliphatic carbocycles. The van der Waals surface area contributed by atoms with Gasteiger partial charge in [-0.2, -0.15) is 11.6 Å².